The van der Waals surface area contributed by atoms with Gasteiger partial charge >= 0.3 is 0 Å². The minimum Gasteiger partial charge on any atom is -0.311 e. The lowest BCUT2D eigenvalue weighted by molar-refractivity contribution is -0.123. The standard InChI is InChI=1S/C18H25NO/c1-12(2)14-5-3-13(4-6-14)9-18(20)15-10-16-7-8-17(11-15)19-16/h3-6,12,15-17,19H,7-11H2,1-2H3. The fourth-order valence-corrected chi connectivity index (χ4v) is 3.69. The van der Waals surface area contributed by atoms with Gasteiger partial charge in [-0.2, -0.15) is 0 Å². The molecular formula is C18H25NO. The molecule has 0 spiro atoms. The van der Waals surface area contributed by atoms with Gasteiger partial charge in [-0.3, -0.25) is 4.79 Å². The third-order valence-electron chi connectivity index (χ3n) is 4.95. The highest BCUT2D eigenvalue weighted by atomic mass is 16.1. The Morgan fingerprint density at radius 3 is 2.30 bits per heavy atom. The Balaban J connectivity index is 1.61. The fourth-order valence-electron chi connectivity index (χ4n) is 3.69. The number of Topliss-reactive ketones (excluding diaryl/α,β-unsaturated/α-hetero) is 1. The Morgan fingerprint density at radius 1 is 1.15 bits per heavy atom. The summed E-state index contributed by atoms with van der Waals surface area (Å²) >= 11 is 0. The molecule has 1 aromatic carbocycles. The third-order valence-corrected chi connectivity index (χ3v) is 4.95. The first kappa shape index (κ1) is 13.8. The smallest absolute Gasteiger partial charge is 0.140 e. The van der Waals surface area contributed by atoms with E-state index in [9.17, 15) is 4.79 Å². The van der Waals surface area contributed by atoms with E-state index in [1.54, 1.807) is 0 Å². The molecule has 2 heteroatoms. The minimum atomic E-state index is 0.290. The van der Waals surface area contributed by atoms with Crippen LogP contribution in [0.2, 0.25) is 0 Å². The third kappa shape index (κ3) is 2.95. The lowest BCUT2D eigenvalue weighted by Gasteiger charge is -2.28. The van der Waals surface area contributed by atoms with Gasteiger partial charge in [0.05, 0.1) is 0 Å². The van der Waals surface area contributed by atoms with Gasteiger partial charge in [0.2, 0.25) is 0 Å². The van der Waals surface area contributed by atoms with Crippen molar-refractivity contribution in [3.05, 3.63) is 35.4 Å². The SMILES string of the molecule is CC(C)c1ccc(CC(=O)C2CC3CCC(C2)N3)cc1. The summed E-state index contributed by atoms with van der Waals surface area (Å²) < 4.78 is 0. The molecule has 2 saturated heterocycles. The maximum absolute atomic E-state index is 12.5. The van der Waals surface area contributed by atoms with Gasteiger partial charge < -0.3 is 5.32 Å². The Morgan fingerprint density at radius 2 is 1.75 bits per heavy atom. The summed E-state index contributed by atoms with van der Waals surface area (Å²) in [5, 5.41) is 3.61. The number of carbonyl (C=O) groups is 1. The molecule has 1 N–H and O–H groups in total. The Bertz CT molecular complexity index is 465. The number of ketones is 1. The van der Waals surface area contributed by atoms with Crippen molar-refractivity contribution in [3.63, 3.8) is 0 Å². The number of carbonyl (C=O) groups excluding carboxylic acids is 1. The molecule has 2 heterocycles. The number of piperidine rings is 1. The van der Waals surface area contributed by atoms with Crippen molar-refractivity contribution in [2.24, 2.45) is 5.92 Å². The second-order valence-corrected chi connectivity index (χ2v) is 6.85. The van der Waals surface area contributed by atoms with E-state index < -0.39 is 0 Å². The van der Waals surface area contributed by atoms with Crippen LogP contribution >= 0.6 is 0 Å². The highest BCUT2D eigenvalue weighted by molar-refractivity contribution is 5.83. The summed E-state index contributed by atoms with van der Waals surface area (Å²) in [6.45, 7) is 4.40. The van der Waals surface area contributed by atoms with Crippen LogP contribution in [-0.2, 0) is 11.2 Å². The topological polar surface area (TPSA) is 29.1 Å². The van der Waals surface area contributed by atoms with Crippen molar-refractivity contribution in [1.29, 1.82) is 0 Å². The maximum Gasteiger partial charge on any atom is 0.140 e. The summed E-state index contributed by atoms with van der Waals surface area (Å²) in [4.78, 5) is 12.5. The first-order chi connectivity index (χ1) is 9.61. The van der Waals surface area contributed by atoms with Crippen LogP contribution in [0, 0.1) is 5.92 Å². The van der Waals surface area contributed by atoms with E-state index in [0.717, 1.165) is 12.8 Å². The van der Waals surface area contributed by atoms with Crippen LogP contribution in [-0.4, -0.2) is 17.9 Å². The molecule has 2 fully saturated rings. The van der Waals surface area contributed by atoms with E-state index in [0.29, 0.717) is 36.1 Å². The molecule has 0 aliphatic carbocycles. The van der Waals surface area contributed by atoms with Gasteiger partial charge in [-0.25, -0.2) is 0 Å². The number of nitrogens with one attached hydrogen (secondary N) is 1. The van der Waals surface area contributed by atoms with Crippen LogP contribution in [0.1, 0.15) is 56.6 Å². The van der Waals surface area contributed by atoms with Crippen LogP contribution < -0.4 is 5.32 Å². The number of rotatable bonds is 4. The summed E-state index contributed by atoms with van der Waals surface area (Å²) in [5.74, 6) is 1.29. The molecule has 2 aliphatic rings. The van der Waals surface area contributed by atoms with Crippen molar-refractivity contribution in [1.82, 2.24) is 5.32 Å². The molecule has 0 radical (unpaired) electrons. The molecule has 1 aromatic rings. The van der Waals surface area contributed by atoms with Crippen LogP contribution in [0.25, 0.3) is 0 Å². The molecule has 20 heavy (non-hydrogen) atoms. The molecular weight excluding hydrogens is 246 g/mol. The molecule has 0 saturated carbocycles. The molecule has 0 amide bonds. The van der Waals surface area contributed by atoms with Gasteiger partial charge in [-0.05, 0) is 42.7 Å². The average Bonchev–Trinajstić information content (AvgIpc) is 2.78. The summed E-state index contributed by atoms with van der Waals surface area (Å²) in [5.41, 5.74) is 2.52. The lowest BCUT2D eigenvalue weighted by Crippen LogP contribution is -2.40. The van der Waals surface area contributed by atoms with Crippen molar-refractivity contribution in [2.75, 3.05) is 0 Å². The van der Waals surface area contributed by atoms with E-state index in [1.807, 2.05) is 0 Å². The van der Waals surface area contributed by atoms with E-state index >= 15 is 0 Å². The zero-order valence-electron chi connectivity index (χ0n) is 12.6. The van der Waals surface area contributed by atoms with Crippen molar-refractivity contribution in [3.8, 4) is 0 Å². The molecule has 2 atom stereocenters. The molecule has 3 rings (SSSR count). The van der Waals surface area contributed by atoms with Gasteiger partial charge in [0, 0.05) is 24.4 Å². The maximum atomic E-state index is 12.5. The van der Waals surface area contributed by atoms with Crippen LogP contribution in [0.5, 0.6) is 0 Å². The molecule has 2 unspecified atom stereocenters. The van der Waals surface area contributed by atoms with Crippen molar-refractivity contribution < 1.29 is 4.79 Å². The second-order valence-electron chi connectivity index (χ2n) is 6.85. The summed E-state index contributed by atoms with van der Waals surface area (Å²) in [7, 11) is 0. The second kappa shape index (κ2) is 5.69. The van der Waals surface area contributed by atoms with E-state index in [2.05, 4.69) is 43.4 Å². The molecule has 2 aliphatic heterocycles. The predicted molar refractivity (Wildman–Crippen MR) is 81.9 cm³/mol. The molecule has 2 nitrogen and oxygen atoms in total. The number of fused-ring (bicyclic) bond motifs is 2. The Hall–Kier alpha value is -1.15. The van der Waals surface area contributed by atoms with Gasteiger partial charge in [0.1, 0.15) is 5.78 Å². The lowest BCUT2D eigenvalue weighted by atomic mass is 9.86. The fraction of sp³-hybridized carbons (Fsp3) is 0.611. The zero-order chi connectivity index (χ0) is 14.1. The largest absolute Gasteiger partial charge is 0.311 e. The normalized spacial score (nSPS) is 28.9. The van der Waals surface area contributed by atoms with Gasteiger partial charge in [-0.1, -0.05) is 38.1 Å². The minimum absolute atomic E-state index is 0.290. The predicted octanol–water partition coefficient (Wildman–Crippen LogP) is 3.45. The van der Waals surface area contributed by atoms with Gasteiger partial charge in [0.15, 0.2) is 0 Å². The quantitative estimate of drug-likeness (QED) is 0.908. The van der Waals surface area contributed by atoms with Crippen molar-refractivity contribution in [2.45, 2.75) is 64.0 Å². The van der Waals surface area contributed by atoms with Crippen LogP contribution in [0.3, 0.4) is 0 Å². The summed E-state index contributed by atoms with van der Waals surface area (Å²) in [6, 6.07) is 9.79. The van der Waals surface area contributed by atoms with Crippen LogP contribution in [0.15, 0.2) is 24.3 Å². The highest BCUT2D eigenvalue weighted by Gasteiger charge is 2.36. The van der Waals surface area contributed by atoms with E-state index in [4.69, 9.17) is 0 Å². The van der Waals surface area contributed by atoms with Crippen molar-refractivity contribution >= 4 is 5.78 Å². The number of benzene rings is 1. The molecule has 2 bridgehead atoms. The van der Waals surface area contributed by atoms with Gasteiger partial charge in [-0.15, -0.1) is 0 Å². The zero-order valence-corrected chi connectivity index (χ0v) is 12.6. The van der Waals surface area contributed by atoms with Crippen LogP contribution in [0.4, 0.5) is 0 Å². The molecule has 108 valence electrons. The average molecular weight is 271 g/mol. The van der Waals surface area contributed by atoms with Gasteiger partial charge in [0.25, 0.3) is 0 Å². The Labute approximate surface area is 122 Å². The monoisotopic (exact) mass is 271 g/mol. The first-order valence-corrected chi connectivity index (χ1v) is 7.99. The van der Waals surface area contributed by atoms with E-state index in [1.165, 1.54) is 24.0 Å². The van der Waals surface area contributed by atoms with E-state index in [-0.39, 0.29) is 0 Å². The number of hydrogen-bond acceptors (Lipinski definition) is 2. The highest BCUT2D eigenvalue weighted by Crippen LogP contribution is 2.32. The summed E-state index contributed by atoms with van der Waals surface area (Å²) in [6.07, 6.45) is 5.25. The molecule has 0 aromatic heterocycles. The first-order valence-electron chi connectivity index (χ1n) is 7.99. The number of hydrogen-bond donors (Lipinski definition) is 1. The Kier molecular flexibility index (Phi) is 3.93.